The van der Waals surface area contributed by atoms with E-state index in [1.807, 2.05) is 23.3 Å². The van der Waals surface area contributed by atoms with Crippen molar-refractivity contribution >= 4 is 33.4 Å². The highest BCUT2D eigenvalue weighted by molar-refractivity contribution is 7.18. The second-order valence-corrected chi connectivity index (χ2v) is 10.2. The van der Waals surface area contributed by atoms with Crippen molar-refractivity contribution in [2.75, 3.05) is 31.1 Å². The van der Waals surface area contributed by atoms with E-state index in [1.54, 1.807) is 11.3 Å². The van der Waals surface area contributed by atoms with E-state index >= 15 is 0 Å². The van der Waals surface area contributed by atoms with Crippen LogP contribution in [0, 0.1) is 11.8 Å². The highest BCUT2D eigenvalue weighted by Crippen LogP contribution is 2.34. The van der Waals surface area contributed by atoms with Crippen LogP contribution in [0.25, 0.3) is 10.2 Å². The summed E-state index contributed by atoms with van der Waals surface area (Å²) in [7, 11) is 0. The summed E-state index contributed by atoms with van der Waals surface area (Å²) < 4.78 is 1.90. The van der Waals surface area contributed by atoms with Gasteiger partial charge in [-0.05, 0) is 37.2 Å². The second-order valence-electron chi connectivity index (χ2n) is 9.08. The number of carbonyl (C=O) groups is 1. The number of aromatic nitrogens is 2. The molecule has 1 aliphatic carbocycles. The number of fused-ring (bicyclic) bond motifs is 3. The third-order valence-electron chi connectivity index (χ3n) is 5.97. The molecular weight excluding hydrogens is 384 g/mol. The molecule has 1 amide bonds. The third-order valence-corrected chi connectivity index (χ3v) is 7.16. The standard InChI is InChI=1S/C22H32N4O2S/c1-14(2)13-26-21(28)18-16-7-5-6-8-17(16)29-19(18)23-22(26)25-11-9-24(10-12-25)20(27)15(3)4/h14-15H,5-13H2,1-4H3. The van der Waals surface area contributed by atoms with Crippen LogP contribution in [0.15, 0.2) is 4.79 Å². The predicted octanol–water partition coefficient (Wildman–Crippen LogP) is 3.30. The fourth-order valence-corrected chi connectivity index (χ4v) is 5.74. The molecule has 6 nitrogen and oxygen atoms in total. The Morgan fingerprint density at radius 1 is 1.07 bits per heavy atom. The summed E-state index contributed by atoms with van der Waals surface area (Å²) in [6.45, 7) is 11.7. The lowest BCUT2D eigenvalue weighted by Gasteiger charge is -2.37. The van der Waals surface area contributed by atoms with E-state index in [-0.39, 0.29) is 17.4 Å². The average Bonchev–Trinajstić information content (AvgIpc) is 3.08. The quantitative estimate of drug-likeness (QED) is 0.767. The minimum Gasteiger partial charge on any atom is -0.339 e. The molecule has 158 valence electrons. The lowest BCUT2D eigenvalue weighted by Crippen LogP contribution is -2.51. The highest BCUT2D eigenvalue weighted by atomic mass is 32.1. The summed E-state index contributed by atoms with van der Waals surface area (Å²) in [4.78, 5) is 37.3. The number of anilines is 1. The molecule has 0 spiro atoms. The van der Waals surface area contributed by atoms with Gasteiger partial charge in [-0.2, -0.15) is 0 Å². The Hall–Kier alpha value is -1.89. The van der Waals surface area contributed by atoms with E-state index < -0.39 is 0 Å². The number of hydrogen-bond acceptors (Lipinski definition) is 5. The van der Waals surface area contributed by atoms with Crippen LogP contribution in [0.5, 0.6) is 0 Å². The molecule has 1 fully saturated rings. The molecule has 1 aliphatic heterocycles. The minimum absolute atomic E-state index is 0.0209. The van der Waals surface area contributed by atoms with Crippen molar-refractivity contribution in [1.82, 2.24) is 14.5 Å². The van der Waals surface area contributed by atoms with Crippen LogP contribution in [0.3, 0.4) is 0 Å². The molecule has 0 saturated carbocycles. The van der Waals surface area contributed by atoms with E-state index in [1.165, 1.54) is 16.9 Å². The van der Waals surface area contributed by atoms with Crippen molar-refractivity contribution in [1.29, 1.82) is 0 Å². The van der Waals surface area contributed by atoms with Crippen molar-refractivity contribution in [3.63, 3.8) is 0 Å². The Morgan fingerprint density at radius 2 is 1.76 bits per heavy atom. The predicted molar refractivity (Wildman–Crippen MR) is 119 cm³/mol. The number of aryl methyl sites for hydroxylation is 2. The molecule has 4 rings (SSSR count). The van der Waals surface area contributed by atoms with Crippen LogP contribution >= 0.6 is 11.3 Å². The molecule has 0 N–H and O–H groups in total. The smallest absolute Gasteiger partial charge is 0.263 e. The molecule has 0 bridgehead atoms. The molecule has 7 heteroatoms. The highest BCUT2D eigenvalue weighted by Gasteiger charge is 2.28. The summed E-state index contributed by atoms with van der Waals surface area (Å²) in [5, 5.41) is 0.864. The normalized spacial score (nSPS) is 17.4. The van der Waals surface area contributed by atoms with Gasteiger partial charge in [0.1, 0.15) is 4.83 Å². The van der Waals surface area contributed by atoms with Gasteiger partial charge in [0, 0.05) is 43.5 Å². The molecule has 2 aromatic heterocycles. The number of rotatable bonds is 4. The number of amides is 1. The Labute approximate surface area is 176 Å². The Bertz CT molecular complexity index is 967. The molecule has 29 heavy (non-hydrogen) atoms. The zero-order valence-electron chi connectivity index (χ0n) is 18.0. The van der Waals surface area contributed by atoms with Gasteiger partial charge in [0.05, 0.1) is 5.39 Å². The molecule has 2 aromatic rings. The van der Waals surface area contributed by atoms with Crippen molar-refractivity contribution in [3.8, 4) is 0 Å². The van der Waals surface area contributed by atoms with Crippen molar-refractivity contribution in [3.05, 3.63) is 20.8 Å². The maximum Gasteiger partial charge on any atom is 0.263 e. The number of carbonyl (C=O) groups excluding carboxylic acids is 1. The zero-order chi connectivity index (χ0) is 20.7. The van der Waals surface area contributed by atoms with Crippen LogP contribution in [-0.4, -0.2) is 46.5 Å². The lowest BCUT2D eigenvalue weighted by atomic mass is 9.97. The fourth-order valence-electron chi connectivity index (χ4n) is 4.49. The van der Waals surface area contributed by atoms with Gasteiger partial charge in [0.25, 0.3) is 5.56 Å². The second kappa shape index (κ2) is 8.09. The summed E-state index contributed by atoms with van der Waals surface area (Å²) in [5.41, 5.74) is 1.38. The monoisotopic (exact) mass is 416 g/mol. The summed E-state index contributed by atoms with van der Waals surface area (Å²) in [5.74, 6) is 1.38. The van der Waals surface area contributed by atoms with Gasteiger partial charge >= 0.3 is 0 Å². The van der Waals surface area contributed by atoms with Gasteiger partial charge in [-0.25, -0.2) is 4.98 Å². The van der Waals surface area contributed by atoms with E-state index in [4.69, 9.17) is 4.98 Å². The molecular formula is C22H32N4O2S. The first-order valence-electron chi connectivity index (χ1n) is 11.0. The maximum absolute atomic E-state index is 13.6. The summed E-state index contributed by atoms with van der Waals surface area (Å²) >= 11 is 1.71. The Balaban J connectivity index is 1.72. The van der Waals surface area contributed by atoms with Gasteiger partial charge in [0.15, 0.2) is 0 Å². The van der Waals surface area contributed by atoms with Crippen LogP contribution in [-0.2, 0) is 24.2 Å². The molecule has 0 radical (unpaired) electrons. The van der Waals surface area contributed by atoms with Gasteiger partial charge in [-0.3, -0.25) is 14.2 Å². The van der Waals surface area contributed by atoms with E-state index in [2.05, 4.69) is 18.7 Å². The van der Waals surface area contributed by atoms with E-state index in [9.17, 15) is 9.59 Å². The molecule has 1 saturated heterocycles. The minimum atomic E-state index is 0.0209. The first-order valence-corrected chi connectivity index (χ1v) is 11.8. The third kappa shape index (κ3) is 3.81. The van der Waals surface area contributed by atoms with Crippen LogP contribution in [0.1, 0.15) is 51.0 Å². The van der Waals surface area contributed by atoms with Gasteiger partial charge in [-0.15, -0.1) is 11.3 Å². The van der Waals surface area contributed by atoms with Crippen LogP contribution in [0.2, 0.25) is 0 Å². The lowest BCUT2D eigenvalue weighted by molar-refractivity contribution is -0.134. The van der Waals surface area contributed by atoms with Crippen LogP contribution in [0.4, 0.5) is 5.95 Å². The molecule has 2 aliphatic rings. The number of piperazine rings is 1. The number of nitrogens with zero attached hydrogens (tertiary/aromatic N) is 4. The molecule has 3 heterocycles. The van der Waals surface area contributed by atoms with E-state index in [0.29, 0.717) is 25.6 Å². The molecule has 0 unspecified atom stereocenters. The van der Waals surface area contributed by atoms with Gasteiger partial charge in [-0.1, -0.05) is 27.7 Å². The van der Waals surface area contributed by atoms with Crippen molar-refractivity contribution in [2.45, 2.75) is 59.9 Å². The van der Waals surface area contributed by atoms with Gasteiger partial charge < -0.3 is 9.80 Å². The van der Waals surface area contributed by atoms with Crippen molar-refractivity contribution < 1.29 is 4.79 Å². The maximum atomic E-state index is 13.6. The van der Waals surface area contributed by atoms with Gasteiger partial charge in [0.2, 0.25) is 11.9 Å². The fraction of sp³-hybridized carbons (Fsp3) is 0.682. The van der Waals surface area contributed by atoms with E-state index in [0.717, 1.165) is 48.5 Å². The largest absolute Gasteiger partial charge is 0.339 e. The van der Waals surface area contributed by atoms with Crippen molar-refractivity contribution in [2.24, 2.45) is 11.8 Å². The molecule has 0 aromatic carbocycles. The first-order chi connectivity index (χ1) is 13.9. The molecule has 0 atom stereocenters. The van der Waals surface area contributed by atoms with Crippen LogP contribution < -0.4 is 10.5 Å². The average molecular weight is 417 g/mol. The summed E-state index contributed by atoms with van der Waals surface area (Å²) in [6, 6.07) is 0. The zero-order valence-corrected chi connectivity index (χ0v) is 18.8. The Kier molecular flexibility index (Phi) is 5.69. The topological polar surface area (TPSA) is 58.4 Å². The number of hydrogen-bond donors (Lipinski definition) is 0. The SMILES string of the molecule is CC(C)Cn1c(N2CCN(C(=O)C(C)C)CC2)nc2sc3c(c2c1=O)CCCC3. The first kappa shape index (κ1) is 20.4. The summed E-state index contributed by atoms with van der Waals surface area (Å²) in [6.07, 6.45) is 4.45. The Morgan fingerprint density at radius 3 is 2.41 bits per heavy atom. The number of thiophene rings is 1.